The third-order valence-corrected chi connectivity index (χ3v) is 6.72. The highest BCUT2D eigenvalue weighted by molar-refractivity contribution is 7.21. The van der Waals surface area contributed by atoms with Gasteiger partial charge in [-0.15, -0.1) is 11.3 Å². The molecular formula is C27H36FNO2S. The molecular weight excluding hydrogens is 421 g/mol. The van der Waals surface area contributed by atoms with Gasteiger partial charge in [0, 0.05) is 5.56 Å². The summed E-state index contributed by atoms with van der Waals surface area (Å²) in [5.74, 6) is 0.572. The molecule has 0 aliphatic rings. The third kappa shape index (κ3) is 7.86. The van der Waals surface area contributed by atoms with Gasteiger partial charge in [0.25, 0.3) is 0 Å². The Balaban J connectivity index is 1.49. The van der Waals surface area contributed by atoms with Crippen molar-refractivity contribution in [3.8, 4) is 16.3 Å². The van der Waals surface area contributed by atoms with Crippen LogP contribution in [0.4, 0.5) is 4.39 Å². The van der Waals surface area contributed by atoms with Gasteiger partial charge in [-0.25, -0.2) is 9.37 Å². The van der Waals surface area contributed by atoms with Crippen LogP contribution in [0.1, 0.15) is 77.2 Å². The van der Waals surface area contributed by atoms with Crippen LogP contribution in [-0.4, -0.2) is 17.8 Å². The molecule has 3 nitrogen and oxygen atoms in total. The maximum Gasteiger partial charge on any atom is 0.165 e. The lowest BCUT2D eigenvalue weighted by molar-refractivity contribution is -0.217. The van der Waals surface area contributed by atoms with E-state index < -0.39 is 6.17 Å². The molecule has 0 N–H and O–H groups in total. The molecule has 32 heavy (non-hydrogen) atoms. The minimum Gasteiger partial charge on any atom is -0.337 e. The van der Waals surface area contributed by atoms with Crippen LogP contribution >= 0.6 is 11.3 Å². The number of unbranched alkanes of at least 4 members (excludes halogenated alkanes) is 6. The number of hydrogen-bond donors (Lipinski definition) is 0. The summed E-state index contributed by atoms with van der Waals surface area (Å²) in [4.78, 5) is 15.2. The van der Waals surface area contributed by atoms with Crippen molar-refractivity contribution in [3.63, 3.8) is 0 Å². The fourth-order valence-corrected chi connectivity index (χ4v) is 4.74. The number of aryl methyl sites for hydroxylation is 1. The normalized spacial score (nSPS) is 12.3. The van der Waals surface area contributed by atoms with Crippen LogP contribution in [0.15, 0.2) is 42.5 Å². The summed E-state index contributed by atoms with van der Waals surface area (Å²) in [6, 6.07) is 14.2. The SMILES string of the molecule is CCCCCCc1ccc2nc(-c3ccc(OOCC(F)CCCCCC)cc3)sc2c1. The summed E-state index contributed by atoms with van der Waals surface area (Å²) in [6.45, 7) is 4.36. The van der Waals surface area contributed by atoms with Crippen molar-refractivity contribution in [2.24, 2.45) is 0 Å². The molecule has 174 valence electrons. The standard InChI is InChI=1S/C27H36FNO2S/c1-3-5-7-9-11-21-13-18-25-26(19-21)32-27(29-25)22-14-16-24(17-15-22)31-30-20-23(28)12-10-8-6-4-2/h13-19,23H,3-12,20H2,1-2H3. The number of nitrogens with zero attached hydrogens (tertiary/aromatic N) is 1. The maximum atomic E-state index is 13.8. The van der Waals surface area contributed by atoms with Gasteiger partial charge in [0.15, 0.2) is 5.75 Å². The van der Waals surface area contributed by atoms with E-state index in [1.807, 2.05) is 24.3 Å². The number of halogens is 1. The van der Waals surface area contributed by atoms with E-state index in [1.54, 1.807) is 11.3 Å². The predicted molar refractivity (Wildman–Crippen MR) is 133 cm³/mol. The summed E-state index contributed by atoms with van der Waals surface area (Å²) < 4.78 is 15.1. The van der Waals surface area contributed by atoms with Crippen molar-refractivity contribution in [3.05, 3.63) is 48.0 Å². The quantitative estimate of drug-likeness (QED) is 0.130. The Morgan fingerprint density at radius 3 is 2.41 bits per heavy atom. The molecule has 3 aromatic rings. The topological polar surface area (TPSA) is 31.4 Å². The predicted octanol–water partition coefficient (Wildman–Crippen LogP) is 8.71. The Bertz CT molecular complexity index is 925. The number of fused-ring (bicyclic) bond motifs is 1. The van der Waals surface area contributed by atoms with Gasteiger partial charge in [-0.1, -0.05) is 64.9 Å². The van der Waals surface area contributed by atoms with E-state index in [9.17, 15) is 4.39 Å². The van der Waals surface area contributed by atoms with Crippen molar-refractivity contribution in [1.82, 2.24) is 4.98 Å². The van der Waals surface area contributed by atoms with E-state index in [-0.39, 0.29) is 6.61 Å². The van der Waals surface area contributed by atoms with Crippen LogP contribution in [0.25, 0.3) is 20.8 Å². The van der Waals surface area contributed by atoms with Crippen LogP contribution in [-0.2, 0) is 11.3 Å². The molecule has 0 bridgehead atoms. The van der Waals surface area contributed by atoms with E-state index >= 15 is 0 Å². The van der Waals surface area contributed by atoms with E-state index in [2.05, 4.69) is 32.0 Å². The average Bonchev–Trinajstić information content (AvgIpc) is 3.23. The molecule has 0 amide bonds. The van der Waals surface area contributed by atoms with Crippen molar-refractivity contribution < 1.29 is 14.2 Å². The van der Waals surface area contributed by atoms with E-state index in [0.29, 0.717) is 12.2 Å². The highest BCUT2D eigenvalue weighted by Gasteiger charge is 2.10. The highest BCUT2D eigenvalue weighted by Crippen LogP contribution is 2.32. The Labute approximate surface area is 195 Å². The summed E-state index contributed by atoms with van der Waals surface area (Å²) in [5.41, 5.74) is 3.47. The number of aromatic nitrogens is 1. The number of alkyl halides is 1. The molecule has 1 aromatic heterocycles. The Morgan fingerprint density at radius 1 is 0.906 bits per heavy atom. The molecule has 0 aliphatic carbocycles. The summed E-state index contributed by atoms with van der Waals surface area (Å²) >= 11 is 1.71. The van der Waals surface area contributed by atoms with Gasteiger partial charge in [0.1, 0.15) is 17.8 Å². The van der Waals surface area contributed by atoms with E-state index in [4.69, 9.17) is 14.8 Å². The molecule has 0 radical (unpaired) electrons. The zero-order valence-corrected chi connectivity index (χ0v) is 20.3. The first-order valence-corrected chi connectivity index (χ1v) is 12.9. The Hall–Kier alpha value is -1.98. The lowest BCUT2D eigenvalue weighted by Gasteiger charge is -2.09. The molecule has 1 atom stereocenters. The Kier molecular flexibility index (Phi) is 10.4. The monoisotopic (exact) mass is 457 g/mol. The second kappa shape index (κ2) is 13.5. The second-order valence-corrected chi connectivity index (χ2v) is 9.50. The third-order valence-electron chi connectivity index (χ3n) is 5.65. The van der Waals surface area contributed by atoms with Gasteiger partial charge >= 0.3 is 0 Å². The largest absolute Gasteiger partial charge is 0.337 e. The number of thiazole rings is 1. The lowest BCUT2D eigenvalue weighted by atomic mass is 10.1. The van der Waals surface area contributed by atoms with Crippen LogP contribution in [0.5, 0.6) is 5.75 Å². The molecule has 1 heterocycles. The molecule has 3 rings (SSSR count). The fraction of sp³-hybridized carbons (Fsp3) is 0.519. The molecule has 0 spiro atoms. The van der Waals surface area contributed by atoms with Gasteiger partial charge in [0.2, 0.25) is 0 Å². The minimum absolute atomic E-state index is 0.0352. The van der Waals surface area contributed by atoms with Crippen LogP contribution in [0, 0.1) is 0 Å². The lowest BCUT2D eigenvalue weighted by Crippen LogP contribution is -2.12. The first-order chi connectivity index (χ1) is 15.7. The Morgan fingerprint density at radius 2 is 1.66 bits per heavy atom. The molecule has 0 aliphatic heterocycles. The van der Waals surface area contributed by atoms with Crippen molar-refractivity contribution in [2.75, 3.05) is 6.61 Å². The second-order valence-electron chi connectivity index (χ2n) is 8.47. The minimum atomic E-state index is -0.981. The number of benzene rings is 2. The van der Waals surface area contributed by atoms with E-state index in [0.717, 1.165) is 48.2 Å². The van der Waals surface area contributed by atoms with Gasteiger partial charge in [-0.2, -0.15) is 4.89 Å². The van der Waals surface area contributed by atoms with Crippen LogP contribution in [0.2, 0.25) is 0 Å². The summed E-state index contributed by atoms with van der Waals surface area (Å²) in [6.07, 6.45) is 10.1. The maximum absolute atomic E-state index is 13.8. The smallest absolute Gasteiger partial charge is 0.165 e. The average molecular weight is 458 g/mol. The number of hydrogen-bond acceptors (Lipinski definition) is 4. The molecule has 0 saturated carbocycles. The van der Waals surface area contributed by atoms with E-state index in [1.165, 1.54) is 35.9 Å². The van der Waals surface area contributed by atoms with Gasteiger partial charge in [-0.05, 0) is 61.2 Å². The fourth-order valence-electron chi connectivity index (χ4n) is 3.71. The zero-order chi connectivity index (χ0) is 22.6. The first-order valence-electron chi connectivity index (χ1n) is 12.1. The van der Waals surface area contributed by atoms with Crippen molar-refractivity contribution in [1.29, 1.82) is 0 Å². The summed E-state index contributed by atoms with van der Waals surface area (Å²) in [5, 5.41) is 0.992. The van der Waals surface area contributed by atoms with Crippen LogP contribution in [0.3, 0.4) is 0 Å². The molecule has 0 saturated heterocycles. The van der Waals surface area contributed by atoms with Gasteiger partial charge in [0.05, 0.1) is 10.2 Å². The number of rotatable bonds is 15. The zero-order valence-electron chi connectivity index (χ0n) is 19.4. The van der Waals surface area contributed by atoms with Gasteiger partial charge < -0.3 is 4.89 Å². The first kappa shape index (κ1) is 24.7. The summed E-state index contributed by atoms with van der Waals surface area (Å²) in [7, 11) is 0. The van der Waals surface area contributed by atoms with Gasteiger partial charge in [-0.3, -0.25) is 0 Å². The highest BCUT2D eigenvalue weighted by atomic mass is 32.1. The molecule has 5 heteroatoms. The van der Waals surface area contributed by atoms with Crippen molar-refractivity contribution in [2.45, 2.75) is 84.2 Å². The molecule has 0 fully saturated rings. The van der Waals surface area contributed by atoms with Crippen LogP contribution < -0.4 is 4.89 Å². The molecule has 1 unspecified atom stereocenters. The molecule has 2 aromatic carbocycles. The van der Waals surface area contributed by atoms with Crippen molar-refractivity contribution >= 4 is 21.6 Å².